The van der Waals surface area contributed by atoms with Gasteiger partial charge in [-0.15, -0.1) is 0 Å². The Kier molecular flexibility index (Phi) is 2.96. The molecule has 0 aliphatic rings. The second-order valence-electron chi connectivity index (χ2n) is 4.04. The van der Waals surface area contributed by atoms with Crippen LogP contribution in [0.4, 0.5) is 0 Å². The monoisotopic (exact) mass is 250 g/mol. The van der Waals surface area contributed by atoms with Crippen LogP contribution in [0.15, 0.2) is 23.0 Å². The minimum Gasteiger partial charge on any atom is -0.467 e. The Balaban J connectivity index is 2.77. The van der Waals surface area contributed by atoms with Crippen LogP contribution in [0, 0.1) is 0 Å². The van der Waals surface area contributed by atoms with Gasteiger partial charge in [-0.1, -0.05) is 12.1 Å². The molecule has 6 nitrogen and oxygen atoms in total. The second kappa shape index (κ2) is 4.30. The van der Waals surface area contributed by atoms with Crippen molar-refractivity contribution in [2.24, 2.45) is 14.1 Å². The van der Waals surface area contributed by atoms with Crippen molar-refractivity contribution < 1.29 is 14.6 Å². The molecule has 0 aliphatic carbocycles. The number of ether oxygens (including phenoxy) is 1. The lowest BCUT2D eigenvalue weighted by Gasteiger charge is -2.10. The van der Waals surface area contributed by atoms with E-state index in [1.807, 2.05) is 0 Å². The van der Waals surface area contributed by atoms with Crippen molar-refractivity contribution in [1.82, 2.24) is 9.13 Å². The Bertz CT molecular complexity index is 669. The standard InChI is InChI=1S/C12H14N2O4/c1-13-8-6-4-5-7(10(15)11(16)18-3)9(8)14(2)12(13)17/h4-6,10,15H,1-3H3. The molecule has 0 saturated heterocycles. The Morgan fingerprint density at radius 3 is 2.61 bits per heavy atom. The molecule has 1 atom stereocenters. The fourth-order valence-electron chi connectivity index (χ4n) is 2.07. The Morgan fingerprint density at radius 2 is 2.00 bits per heavy atom. The molecule has 18 heavy (non-hydrogen) atoms. The zero-order chi connectivity index (χ0) is 13.4. The van der Waals surface area contributed by atoms with Crippen LogP contribution in [0.5, 0.6) is 0 Å². The van der Waals surface area contributed by atoms with Gasteiger partial charge in [0.15, 0.2) is 6.10 Å². The normalized spacial score (nSPS) is 12.7. The predicted octanol–water partition coefficient (Wildman–Crippen LogP) is 0.0834. The Labute approximate surface area is 103 Å². The van der Waals surface area contributed by atoms with E-state index in [1.54, 1.807) is 32.3 Å². The average molecular weight is 250 g/mol. The Hall–Kier alpha value is -2.08. The summed E-state index contributed by atoms with van der Waals surface area (Å²) in [6, 6.07) is 5.04. The first-order chi connectivity index (χ1) is 8.49. The molecule has 1 N–H and O–H groups in total. The first-order valence-electron chi connectivity index (χ1n) is 5.39. The van der Waals surface area contributed by atoms with E-state index >= 15 is 0 Å². The predicted molar refractivity (Wildman–Crippen MR) is 65.1 cm³/mol. The molecule has 96 valence electrons. The summed E-state index contributed by atoms with van der Waals surface area (Å²) in [6.45, 7) is 0. The molecular formula is C12H14N2O4. The van der Waals surface area contributed by atoms with E-state index in [0.717, 1.165) is 0 Å². The third-order valence-electron chi connectivity index (χ3n) is 3.04. The number of aliphatic hydroxyl groups excluding tert-OH is 1. The number of carbonyl (C=O) groups is 1. The van der Waals surface area contributed by atoms with Crippen molar-refractivity contribution in [3.05, 3.63) is 34.2 Å². The minimum absolute atomic E-state index is 0.213. The second-order valence-corrected chi connectivity index (χ2v) is 4.04. The molecule has 0 aliphatic heterocycles. The van der Waals surface area contributed by atoms with E-state index in [9.17, 15) is 14.7 Å². The summed E-state index contributed by atoms with van der Waals surface area (Å²) < 4.78 is 7.37. The van der Waals surface area contributed by atoms with E-state index in [-0.39, 0.29) is 5.69 Å². The summed E-state index contributed by atoms with van der Waals surface area (Å²) >= 11 is 0. The number of aromatic nitrogens is 2. The van der Waals surface area contributed by atoms with Crippen molar-refractivity contribution in [3.8, 4) is 0 Å². The maximum Gasteiger partial charge on any atom is 0.339 e. The molecule has 6 heteroatoms. The topological polar surface area (TPSA) is 73.5 Å². The fraction of sp³-hybridized carbons (Fsp3) is 0.333. The molecule has 2 rings (SSSR count). The van der Waals surface area contributed by atoms with Crippen LogP contribution in [0.25, 0.3) is 11.0 Å². The van der Waals surface area contributed by atoms with Gasteiger partial charge >= 0.3 is 11.7 Å². The number of methoxy groups -OCH3 is 1. The molecule has 1 aromatic carbocycles. The van der Waals surface area contributed by atoms with Crippen molar-refractivity contribution in [2.45, 2.75) is 6.10 Å². The maximum absolute atomic E-state index is 11.8. The van der Waals surface area contributed by atoms with Gasteiger partial charge in [0.05, 0.1) is 18.1 Å². The van der Waals surface area contributed by atoms with Gasteiger partial charge in [-0.25, -0.2) is 9.59 Å². The smallest absolute Gasteiger partial charge is 0.339 e. The summed E-state index contributed by atoms with van der Waals surface area (Å²) in [5.74, 6) is -0.751. The zero-order valence-corrected chi connectivity index (χ0v) is 10.4. The number of para-hydroxylation sites is 1. The third kappa shape index (κ3) is 1.62. The summed E-state index contributed by atoms with van der Waals surface area (Å²) in [6.07, 6.45) is -1.40. The molecule has 1 heterocycles. The molecule has 1 aromatic heterocycles. The molecule has 0 radical (unpaired) electrons. The first-order valence-corrected chi connectivity index (χ1v) is 5.39. The fourth-order valence-corrected chi connectivity index (χ4v) is 2.07. The van der Waals surface area contributed by atoms with Gasteiger partial charge < -0.3 is 9.84 Å². The van der Waals surface area contributed by atoms with Crippen LogP contribution in [0.2, 0.25) is 0 Å². The molecule has 1 unspecified atom stereocenters. The van der Waals surface area contributed by atoms with Crippen LogP contribution in [0.3, 0.4) is 0 Å². The lowest BCUT2D eigenvalue weighted by atomic mass is 10.1. The van der Waals surface area contributed by atoms with Crippen LogP contribution >= 0.6 is 0 Å². The van der Waals surface area contributed by atoms with Gasteiger partial charge in [0, 0.05) is 19.7 Å². The average Bonchev–Trinajstić information content (AvgIpc) is 2.62. The highest BCUT2D eigenvalue weighted by molar-refractivity contribution is 5.86. The third-order valence-corrected chi connectivity index (χ3v) is 3.04. The molecule has 0 bridgehead atoms. The number of hydrogen-bond donors (Lipinski definition) is 1. The quantitative estimate of drug-likeness (QED) is 0.766. The highest BCUT2D eigenvalue weighted by Crippen LogP contribution is 2.23. The minimum atomic E-state index is -1.40. The molecule has 0 spiro atoms. The number of aryl methyl sites for hydroxylation is 2. The van der Waals surface area contributed by atoms with Crippen molar-refractivity contribution in [3.63, 3.8) is 0 Å². The molecule has 0 fully saturated rings. The van der Waals surface area contributed by atoms with E-state index in [1.165, 1.54) is 16.2 Å². The number of rotatable bonds is 2. The van der Waals surface area contributed by atoms with Gasteiger partial charge in [0.2, 0.25) is 0 Å². The lowest BCUT2D eigenvalue weighted by molar-refractivity contribution is -0.150. The molecule has 0 amide bonds. The number of nitrogens with zero attached hydrogens (tertiary/aromatic N) is 2. The largest absolute Gasteiger partial charge is 0.467 e. The summed E-state index contributed by atoms with van der Waals surface area (Å²) in [5, 5.41) is 9.91. The number of fused-ring (bicyclic) bond motifs is 1. The van der Waals surface area contributed by atoms with Crippen LogP contribution in [-0.2, 0) is 23.6 Å². The van der Waals surface area contributed by atoms with Crippen LogP contribution in [0.1, 0.15) is 11.7 Å². The zero-order valence-electron chi connectivity index (χ0n) is 10.4. The van der Waals surface area contributed by atoms with E-state index < -0.39 is 12.1 Å². The lowest BCUT2D eigenvalue weighted by Crippen LogP contribution is -2.20. The number of aliphatic hydroxyl groups is 1. The SMILES string of the molecule is COC(=O)C(O)c1cccc2c1n(C)c(=O)n2C. The van der Waals surface area contributed by atoms with Gasteiger partial charge in [-0.2, -0.15) is 0 Å². The van der Waals surface area contributed by atoms with Crippen LogP contribution in [-0.4, -0.2) is 27.3 Å². The van der Waals surface area contributed by atoms with Gasteiger partial charge in [-0.05, 0) is 6.07 Å². The van der Waals surface area contributed by atoms with E-state index in [2.05, 4.69) is 4.74 Å². The van der Waals surface area contributed by atoms with Gasteiger partial charge in [0.1, 0.15) is 0 Å². The number of imidazole rings is 1. The van der Waals surface area contributed by atoms with Crippen molar-refractivity contribution in [1.29, 1.82) is 0 Å². The highest BCUT2D eigenvalue weighted by Gasteiger charge is 2.23. The van der Waals surface area contributed by atoms with E-state index in [0.29, 0.717) is 16.6 Å². The number of benzene rings is 1. The van der Waals surface area contributed by atoms with Crippen molar-refractivity contribution >= 4 is 17.0 Å². The van der Waals surface area contributed by atoms with E-state index in [4.69, 9.17) is 0 Å². The van der Waals surface area contributed by atoms with Gasteiger partial charge in [-0.3, -0.25) is 9.13 Å². The molecule has 0 saturated carbocycles. The van der Waals surface area contributed by atoms with Crippen LogP contribution < -0.4 is 5.69 Å². The summed E-state index contributed by atoms with van der Waals surface area (Å²) in [4.78, 5) is 23.2. The highest BCUT2D eigenvalue weighted by atomic mass is 16.5. The maximum atomic E-state index is 11.8. The number of hydrogen-bond acceptors (Lipinski definition) is 4. The molecule has 2 aromatic rings. The molecular weight excluding hydrogens is 236 g/mol. The first kappa shape index (κ1) is 12.4. The van der Waals surface area contributed by atoms with Gasteiger partial charge in [0.25, 0.3) is 0 Å². The Morgan fingerprint density at radius 1 is 1.33 bits per heavy atom. The summed E-state index contributed by atoms with van der Waals surface area (Å²) in [5.41, 5.74) is 1.33. The number of carbonyl (C=O) groups excluding carboxylic acids is 1. The van der Waals surface area contributed by atoms with Crippen molar-refractivity contribution in [2.75, 3.05) is 7.11 Å². The number of esters is 1. The summed E-state index contributed by atoms with van der Waals surface area (Å²) in [7, 11) is 4.44.